The van der Waals surface area contributed by atoms with Crippen molar-refractivity contribution in [3.8, 4) is 0 Å². The van der Waals surface area contributed by atoms with Gasteiger partial charge in [-0.25, -0.2) is 5.06 Å². The molecule has 1 heterocycles. The van der Waals surface area contributed by atoms with Gasteiger partial charge in [0.1, 0.15) is 6.10 Å². The summed E-state index contributed by atoms with van der Waals surface area (Å²) < 4.78 is 0. The lowest BCUT2D eigenvalue weighted by Gasteiger charge is -2.33. The van der Waals surface area contributed by atoms with Crippen LogP contribution in [0.5, 0.6) is 0 Å². The van der Waals surface area contributed by atoms with Crippen LogP contribution in [0.25, 0.3) is 0 Å². The number of benzene rings is 1. The molecular formula is C12H15NO. The summed E-state index contributed by atoms with van der Waals surface area (Å²) in [6.45, 7) is 4.16. The Morgan fingerprint density at radius 3 is 2.50 bits per heavy atom. The molecule has 1 aromatic rings. The lowest BCUT2D eigenvalue weighted by Crippen LogP contribution is -2.37. The molecule has 0 spiro atoms. The Balaban J connectivity index is 2.23. The van der Waals surface area contributed by atoms with E-state index in [1.165, 1.54) is 0 Å². The van der Waals surface area contributed by atoms with Gasteiger partial charge in [-0.1, -0.05) is 30.4 Å². The number of anilines is 1. The molecule has 14 heavy (non-hydrogen) atoms. The molecule has 74 valence electrons. The summed E-state index contributed by atoms with van der Waals surface area (Å²) in [5.41, 5.74) is 1.11. The zero-order valence-electron chi connectivity index (χ0n) is 8.55. The molecule has 0 saturated heterocycles. The first-order valence-corrected chi connectivity index (χ1v) is 4.97. The van der Waals surface area contributed by atoms with Crippen LogP contribution in [-0.2, 0) is 4.84 Å². The molecule has 0 saturated carbocycles. The van der Waals surface area contributed by atoms with Crippen molar-refractivity contribution in [2.75, 3.05) is 5.06 Å². The SMILES string of the molecule is CC1C=CC(C)N(c2ccccc2)O1. The van der Waals surface area contributed by atoms with Crippen LogP contribution in [0, 0.1) is 0 Å². The van der Waals surface area contributed by atoms with Gasteiger partial charge in [0.25, 0.3) is 0 Å². The molecule has 0 amide bonds. The van der Waals surface area contributed by atoms with Gasteiger partial charge in [0.15, 0.2) is 0 Å². The summed E-state index contributed by atoms with van der Waals surface area (Å²) in [7, 11) is 0. The third-order valence-electron chi connectivity index (χ3n) is 2.32. The van der Waals surface area contributed by atoms with E-state index in [0.717, 1.165) is 5.69 Å². The van der Waals surface area contributed by atoms with Crippen molar-refractivity contribution in [2.45, 2.75) is 26.0 Å². The van der Waals surface area contributed by atoms with Gasteiger partial charge in [-0.15, -0.1) is 0 Å². The third kappa shape index (κ3) is 1.80. The van der Waals surface area contributed by atoms with E-state index >= 15 is 0 Å². The van der Waals surface area contributed by atoms with Gasteiger partial charge in [0, 0.05) is 0 Å². The fourth-order valence-electron chi connectivity index (χ4n) is 1.58. The molecule has 2 unspecified atom stereocenters. The topological polar surface area (TPSA) is 12.5 Å². The summed E-state index contributed by atoms with van der Waals surface area (Å²) >= 11 is 0. The Kier molecular flexibility index (Phi) is 2.55. The lowest BCUT2D eigenvalue weighted by atomic mass is 10.2. The van der Waals surface area contributed by atoms with E-state index in [1.54, 1.807) is 0 Å². The highest BCUT2D eigenvalue weighted by atomic mass is 16.7. The maximum Gasteiger partial charge on any atom is 0.101 e. The van der Waals surface area contributed by atoms with Gasteiger partial charge in [0.05, 0.1) is 11.7 Å². The summed E-state index contributed by atoms with van der Waals surface area (Å²) in [4.78, 5) is 5.73. The van der Waals surface area contributed by atoms with Crippen LogP contribution < -0.4 is 5.06 Å². The number of para-hydroxylation sites is 1. The Bertz CT molecular complexity index is 320. The molecule has 0 N–H and O–H groups in total. The summed E-state index contributed by atoms with van der Waals surface area (Å²) in [5.74, 6) is 0. The quantitative estimate of drug-likeness (QED) is 0.630. The Morgan fingerprint density at radius 1 is 1.07 bits per heavy atom. The molecule has 2 rings (SSSR count). The highest BCUT2D eigenvalue weighted by molar-refractivity contribution is 5.45. The molecule has 1 aliphatic heterocycles. The predicted octanol–water partition coefficient (Wildman–Crippen LogP) is 2.77. The second kappa shape index (κ2) is 3.84. The zero-order valence-corrected chi connectivity index (χ0v) is 8.55. The first kappa shape index (κ1) is 9.28. The summed E-state index contributed by atoms with van der Waals surface area (Å²) in [6, 6.07) is 10.5. The molecule has 2 heteroatoms. The Labute approximate surface area is 84.8 Å². The van der Waals surface area contributed by atoms with E-state index in [9.17, 15) is 0 Å². The van der Waals surface area contributed by atoms with Crippen LogP contribution in [0.15, 0.2) is 42.5 Å². The van der Waals surface area contributed by atoms with Gasteiger partial charge in [-0.2, -0.15) is 0 Å². The van der Waals surface area contributed by atoms with Gasteiger partial charge in [-0.3, -0.25) is 4.84 Å². The molecule has 0 radical (unpaired) electrons. The van der Waals surface area contributed by atoms with E-state index in [-0.39, 0.29) is 6.10 Å². The number of rotatable bonds is 1. The zero-order chi connectivity index (χ0) is 9.97. The van der Waals surface area contributed by atoms with Crippen LogP contribution in [0.4, 0.5) is 5.69 Å². The van der Waals surface area contributed by atoms with Gasteiger partial charge >= 0.3 is 0 Å². The fourth-order valence-corrected chi connectivity index (χ4v) is 1.58. The second-order valence-corrected chi connectivity index (χ2v) is 3.60. The summed E-state index contributed by atoms with van der Waals surface area (Å²) in [5, 5.41) is 1.95. The van der Waals surface area contributed by atoms with Crippen molar-refractivity contribution in [2.24, 2.45) is 0 Å². The minimum absolute atomic E-state index is 0.159. The van der Waals surface area contributed by atoms with Crippen molar-refractivity contribution in [1.82, 2.24) is 0 Å². The normalized spacial score (nSPS) is 26.6. The molecule has 1 aromatic carbocycles. The molecule has 2 nitrogen and oxygen atoms in total. The summed E-state index contributed by atoms with van der Waals surface area (Å²) in [6.07, 6.45) is 4.41. The maximum absolute atomic E-state index is 5.73. The molecular weight excluding hydrogens is 174 g/mol. The Morgan fingerprint density at radius 2 is 1.79 bits per heavy atom. The van der Waals surface area contributed by atoms with Crippen LogP contribution >= 0.6 is 0 Å². The minimum atomic E-state index is 0.159. The monoisotopic (exact) mass is 189 g/mol. The average Bonchev–Trinajstić information content (AvgIpc) is 2.23. The van der Waals surface area contributed by atoms with E-state index in [2.05, 4.69) is 31.2 Å². The highest BCUT2D eigenvalue weighted by Gasteiger charge is 2.19. The number of nitrogens with zero attached hydrogens (tertiary/aromatic N) is 1. The molecule has 0 bridgehead atoms. The molecule has 2 atom stereocenters. The van der Waals surface area contributed by atoms with Crippen LogP contribution in [-0.4, -0.2) is 12.1 Å². The van der Waals surface area contributed by atoms with E-state index in [4.69, 9.17) is 4.84 Å². The van der Waals surface area contributed by atoms with Crippen LogP contribution in [0.2, 0.25) is 0 Å². The number of hydrogen-bond donors (Lipinski definition) is 0. The number of hydroxylamine groups is 1. The minimum Gasteiger partial charge on any atom is -0.266 e. The van der Waals surface area contributed by atoms with Crippen molar-refractivity contribution in [3.05, 3.63) is 42.5 Å². The van der Waals surface area contributed by atoms with E-state index < -0.39 is 0 Å². The van der Waals surface area contributed by atoms with Gasteiger partial charge < -0.3 is 0 Å². The first-order chi connectivity index (χ1) is 6.77. The predicted molar refractivity (Wildman–Crippen MR) is 58.1 cm³/mol. The standard InChI is InChI=1S/C12H15NO/c1-10-8-9-11(2)14-13(10)12-6-4-3-5-7-12/h3-11H,1-2H3. The van der Waals surface area contributed by atoms with Gasteiger partial charge in [0.2, 0.25) is 0 Å². The molecule has 0 aliphatic carbocycles. The largest absolute Gasteiger partial charge is 0.266 e. The first-order valence-electron chi connectivity index (χ1n) is 4.97. The van der Waals surface area contributed by atoms with Crippen molar-refractivity contribution in [3.63, 3.8) is 0 Å². The second-order valence-electron chi connectivity index (χ2n) is 3.60. The van der Waals surface area contributed by atoms with Crippen molar-refractivity contribution < 1.29 is 4.84 Å². The van der Waals surface area contributed by atoms with E-state index in [0.29, 0.717) is 6.04 Å². The molecule has 1 aliphatic rings. The lowest BCUT2D eigenvalue weighted by molar-refractivity contribution is 0.0549. The maximum atomic E-state index is 5.73. The highest BCUT2D eigenvalue weighted by Crippen LogP contribution is 2.22. The molecule has 0 fully saturated rings. The number of hydrogen-bond acceptors (Lipinski definition) is 2. The van der Waals surface area contributed by atoms with Crippen molar-refractivity contribution >= 4 is 5.69 Å². The van der Waals surface area contributed by atoms with Crippen LogP contribution in [0.1, 0.15) is 13.8 Å². The smallest absolute Gasteiger partial charge is 0.101 e. The fraction of sp³-hybridized carbons (Fsp3) is 0.333. The third-order valence-corrected chi connectivity index (χ3v) is 2.32. The van der Waals surface area contributed by atoms with Crippen molar-refractivity contribution in [1.29, 1.82) is 0 Å². The van der Waals surface area contributed by atoms with Gasteiger partial charge in [-0.05, 0) is 26.0 Å². The van der Waals surface area contributed by atoms with Crippen LogP contribution in [0.3, 0.4) is 0 Å². The molecule has 0 aromatic heterocycles. The average molecular weight is 189 g/mol. The van der Waals surface area contributed by atoms with E-state index in [1.807, 2.05) is 30.2 Å². The Hall–Kier alpha value is -1.28.